The molecular weight excluding hydrogens is 178 g/mol. The van der Waals surface area contributed by atoms with E-state index in [0.29, 0.717) is 5.69 Å². The molecule has 1 aromatic carbocycles. The lowest BCUT2D eigenvalue weighted by atomic mass is 10.0. The Morgan fingerprint density at radius 1 is 1.57 bits per heavy atom. The minimum atomic E-state index is -0.318. The number of benzene rings is 1. The van der Waals surface area contributed by atoms with E-state index in [9.17, 15) is 4.79 Å². The van der Waals surface area contributed by atoms with Gasteiger partial charge in [0, 0.05) is 0 Å². The number of esters is 1. The van der Waals surface area contributed by atoms with Crippen molar-refractivity contribution in [2.45, 2.75) is 12.8 Å². The van der Waals surface area contributed by atoms with Gasteiger partial charge in [0.05, 0.1) is 19.6 Å². The first kappa shape index (κ1) is 10.3. The average molecular weight is 189 g/mol. The molecule has 0 N–H and O–H groups in total. The smallest absolute Gasteiger partial charge is 0.312 e. The van der Waals surface area contributed by atoms with Crippen LogP contribution in [0, 0.1) is 6.57 Å². The van der Waals surface area contributed by atoms with E-state index in [0.717, 1.165) is 5.56 Å². The van der Waals surface area contributed by atoms with E-state index in [2.05, 4.69) is 9.58 Å². The van der Waals surface area contributed by atoms with Gasteiger partial charge in [0.15, 0.2) is 5.69 Å². The van der Waals surface area contributed by atoms with Crippen molar-refractivity contribution in [3.8, 4) is 0 Å². The normalized spacial score (nSPS) is 11.5. The Morgan fingerprint density at radius 2 is 2.29 bits per heavy atom. The summed E-state index contributed by atoms with van der Waals surface area (Å²) >= 11 is 0. The largest absolute Gasteiger partial charge is 0.469 e. The minimum Gasteiger partial charge on any atom is -0.469 e. The predicted molar refractivity (Wildman–Crippen MR) is 53.1 cm³/mol. The SMILES string of the molecule is [C-]#[N+]c1cccc(C(C)C(=O)OC)c1. The molecule has 0 aliphatic carbocycles. The number of ether oxygens (including phenoxy) is 1. The van der Waals surface area contributed by atoms with Crippen molar-refractivity contribution in [3.05, 3.63) is 41.2 Å². The lowest BCUT2D eigenvalue weighted by molar-refractivity contribution is -0.141. The lowest BCUT2D eigenvalue weighted by Crippen LogP contribution is -2.10. The first-order valence-electron chi connectivity index (χ1n) is 4.24. The fourth-order valence-corrected chi connectivity index (χ4v) is 1.18. The van der Waals surface area contributed by atoms with Crippen molar-refractivity contribution in [2.24, 2.45) is 0 Å². The third-order valence-electron chi connectivity index (χ3n) is 2.05. The van der Waals surface area contributed by atoms with Gasteiger partial charge in [-0.25, -0.2) is 4.85 Å². The molecule has 72 valence electrons. The summed E-state index contributed by atoms with van der Waals surface area (Å²) in [5, 5.41) is 0. The Labute approximate surface area is 83.1 Å². The van der Waals surface area contributed by atoms with Gasteiger partial charge in [0.25, 0.3) is 0 Å². The van der Waals surface area contributed by atoms with E-state index in [1.165, 1.54) is 7.11 Å². The second kappa shape index (κ2) is 4.43. The third-order valence-corrected chi connectivity index (χ3v) is 2.05. The zero-order valence-corrected chi connectivity index (χ0v) is 8.15. The maximum Gasteiger partial charge on any atom is 0.312 e. The first-order valence-corrected chi connectivity index (χ1v) is 4.24. The highest BCUT2D eigenvalue weighted by Gasteiger charge is 2.15. The van der Waals surface area contributed by atoms with Crippen LogP contribution in [0.4, 0.5) is 5.69 Å². The van der Waals surface area contributed by atoms with Gasteiger partial charge >= 0.3 is 5.97 Å². The summed E-state index contributed by atoms with van der Waals surface area (Å²) in [6.45, 7) is 8.60. The lowest BCUT2D eigenvalue weighted by Gasteiger charge is -2.09. The van der Waals surface area contributed by atoms with E-state index in [1.807, 2.05) is 6.07 Å². The monoisotopic (exact) mass is 189 g/mol. The number of nitrogens with zero attached hydrogens (tertiary/aromatic N) is 1. The standard InChI is InChI=1S/C11H11NO2/c1-8(11(13)14-3)9-5-4-6-10(7-9)12-2/h4-8H,1,3H3. The number of hydrogen-bond donors (Lipinski definition) is 0. The number of carbonyl (C=O) groups excluding carboxylic acids is 1. The highest BCUT2D eigenvalue weighted by atomic mass is 16.5. The summed E-state index contributed by atoms with van der Waals surface area (Å²) in [7, 11) is 1.36. The molecule has 0 saturated heterocycles. The first-order chi connectivity index (χ1) is 6.69. The molecule has 1 rings (SSSR count). The minimum absolute atomic E-state index is 0.285. The molecule has 0 spiro atoms. The van der Waals surface area contributed by atoms with Crippen molar-refractivity contribution in [1.82, 2.24) is 0 Å². The van der Waals surface area contributed by atoms with Crippen LogP contribution in [-0.4, -0.2) is 13.1 Å². The summed E-state index contributed by atoms with van der Waals surface area (Å²) in [5.74, 6) is -0.603. The molecule has 0 fully saturated rings. The molecule has 0 radical (unpaired) electrons. The molecule has 0 aliphatic rings. The molecule has 0 bridgehead atoms. The number of rotatable bonds is 2. The summed E-state index contributed by atoms with van der Waals surface area (Å²) in [6, 6.07) is 6.99. The van der Waals surface area contributed by atoms with Crippen LogP contribution >= 0.6 is 0 Å². The fraction of sp³-hybridized carbons (Fsp3) is 0.273. The van der Waals surface area contributed by atoms with Gasteiger partial charge in [0.2, 0.25) is 0 Å². The fourth-order valence-electron chi connectivity index (χ4n) is 1.18. The van der Waals surface area contributed by atoms with Gasteiger partial charge in [-0.2, -0.15) is 0 Å². The zero-order chi connectivity index (χ0) is 10.6. The maximum atomic E-state index is 11.2. The average Bonchev–Trinajstić information content (AvgIpc) is 2.27. The molecule has 1 aromatic rings. The third kappa shape index (κ3) is 2.11. The van der Waals surface area contributed by atoms with Gasteiger partial charge < -0.3 is 4.74 Å². The Kier molecular flexibility index (Phi) is 3.24. The van der Waals surface area contributed by atoms with Gasteiger partial charge in [-0.15, -0.1) is 0 Å². The topological polar surface area (TPSA) is 30.7 Å². The Morgan fingerprint density at radius 3 is 2.86 bits per heavy atom. The van der Waals surface area contributed by atoms with E-state index >= 15 is 0 Å². The highest BCUT2D eigenvalue weighted by molar-refractivity contribution is 5.78. The molecule has 0 amide bonds. The van der Waals surface area contributed by atoms with E-state index in [1.54, 1.807) is 25.1 Å². The number of carbonyl (C=O) groups is 1. The Hall–Kier alpha value is -1.82. The van der Waals surface area contributed by atoms with E-state index in [-0.39, 0.29) is 11.9 Å². The van der Waals surface area contributed by atoms with Gasteiger partial charge in [-0.05, 0) is 12.5 Å². The van der Waals surface area contributed by atoms with Crippen LogP contribution in [0.3, 0.4) is 0 Å². The molecule has 0 aromatic heterocycles. The van der Waals surface area contributed by atoms with Crippen molar-refractivity contribution in [2.75, 3.05) is 7.11 Å². The van der Waals surface area contributed by atoms with Crippen LogP contribution in [0.1, 0.15) is 18.4 Å². The van der Waals surface area contributed by atoms with Crippen molar-refractivity contribution >= 4 is 11.7 Å². The highest BCUT2D eigenvalue weighted by Crippen LogP contribution is 2.21. The maximum absolute atomic E-state index is 11.2. The zero-order valence-electron chi connectivity index (χ0n) is 8.15. The van der Waals surface area contributed by atoms with Crippen molar-refractivity contribution < 1.29 is 9.53 Å². The quantitative estimate of drug-likeness (QED) is 0.528. The van der Waals surface area contributed by atoms with Crippen LogP contribution in [0.25, 0.3) is 4.85 Å². The van der Waals surface area contributed by atoms with Crippen molar-refractivity contribution in [3.63, 3.8) is 0 Å². The molecule has 3 heteroatoms. The summed E-state index contributed by atoms with van der Waals surface area (Å²) in [6.07, 6.45) is 0. The van der Waals surface area contributed by atoms with Crippen LogP contribution in [0.2, 0.25) is 0 Å². The molecule has 14 heavy (non-hydrogen) atoms. The van der Waals surface area contributed by atoms with Gasteiger partial charge in [-0.3, -0.25) is 4.79 Å². The van der Waals surface area contributed by atoms with Crippen LogP contribution in [0.5, 0.6) is 0 Å². The molecular formula is C11H11NO2. The van der Waals surface area contributed by atoms with E-state index < -0.39 is 0 Å². The molecule has 0 heterocycles. The van der Waals surface area contributed by atoms with Crippen molar-refractivity contribution in [1.29, 1.82) is 0 Å². The van der Waals surface area contributed by atoms with Gasteiger partial charge in [0.1, 0.15) is 0 Å². The molecule has 0 aliphatic heterocycles. The Balaban J connectivity index is 2.96. The van der Waals surface area contributed by atoms with Crippen LogP contribution in [-0.2, 0) is 9.53 Å². The summed E-state index contributed by atoms with van der Waals surface area (Å²) in [5.41, 5.74) is 1.35. The number of methoxy groups -OCH3 is 1. The summed E-state index contributed by atoms with van der Waals surface area (Å²) in [4.78, 5) is 14.5. The van der Waals surface area contributed by atoms with Gasteiger partial charge in [-0.1, -0.05) is 24.3 Å². The molecule has 1 atom stereocenters. The Bertz CT molecular complexity index is 379. The van der Waals surface area contributed by atoms with Crippen LogP contribution < -0.4 is 0 Å². The molecule has 1 unspecified atom stereocenters. The second-order valence-corrected chi connectivity index (χ2v) is 2.95. The van der Waals surface area contributed by atoms with E-state index in [4.69, 9.17) is 6.57 Å². The predicted octanol–water partition coefficient (Wildman–Crippen LogP) is 2.51. The molecule has 3 nitrogen and oxygen atoms in total. The summed E-state index contributed by atoms with van der Waals surface area (Å²) < 4.78 is 4.62. The second-order valence-electron chi connectivity index (χ2n) is 2.95. The van der Waals surface area contributed by atoms with Crippen LogP contribution in [0.15, 0.2) is 24.3 Å². The molecule has 0 saturated carbocycles. The number of hydrogen-bond acceptors (Lipinski definition) is 2.